The van der Waals surface area contributed by atoms with E-state index in [4.69, 9.17) is 0 Å². The van der Waals surface area contributed by atoms with Crippen LogP contribution in [0.25, 0.3) is 16.6 Å². The van der Waals surface area contributed by atoms with Gasteiger partial charge >= 0.3 is 6.03 Å². The number of H-pyrrole nitrogens is 1. The highest BCUT2D eigenvalue weighted by molar-refractivity contribution is 6.05. The van der Waals surface area contributed by atoms with Crippen molar-refractivity contribution in [1.82, 2.24) is 35.1 Å². The summed E-state index contributed by atoms with van der Waals surface area (Å²) in [6.07, 6.45) is 4.80. The van der Waals surface area contributed by atoms with E-state index in [-0.39, 0.29) is 30.8 Å². The van der Waals surface area contributed by atoms with Crippen LogP contribution >= 0.6 is 0 Å². The minimum absolute atomic E-state index is 0.139. The number of nitrogens with one attached hydrogen (secondary N) is 3. The van der Waals surface area contributed by atoms with Crippen LogP contribution < -0.4 is 10.6 Å². The highest BCUT2D eigenvalue weighted by Gasteiger charge is 2.39. The quantitative estimate of drug-likeness (QED) is 0.313. The van der Waals surface area contributed by atoms with Crippen LogP contribution in [0.1, 0.15) is 44.1 Å². The first-order valence-electron chi connectivity index (χ1n) is 12.2. The Bertz CT molecular complexity index is 1420. The zero-order valence-corrected chi connectivity index (χ0v) is 20.3. The zero-order valence-electron chi connectivity index (χ0n) is 20.3. The van der Waals surface area contributed by atoms with Gasteiger partial charge in [-0.25, -0.2) is 4.79 Å². The fourth-order valence-corrected chi connectivity index (χ4v) is 4.73. The van der Waals surface area contributed by atoms with Crippen LogP contribution in [0.3, 0.4) is 0 Å². The topological polar surface area (TPSA) is 124 Å². The van der Waals surface area contributed by atoms with Gasteiger partial charge in [-0.1, -0.05) is 38.1 Å². The normalized spacial score (nSPS) is 16.8. The second-order valence-corrected chi connectivity index (χ2v) is 9.54. The van der Waals surface area contributed by atoms with Crippen molar-refractivity contribution < 1.29 is 14.4 Å². The molecule has 36 heavy (non-hydrogen) atoms. The number of nitrogens with zero attached hydrogens (tertiary/aromatic N) is 4. The molecule has 10 nitrogen and oxygen atoms in total. The minimum atomic E-state index is -0.893. The van der Waals surface area contributed by atoms with Crippen LogP contribution in [0.5, 0.6) is 0 Å². The van der Waals surface area contributed by atoms with Crippen molar-refractivity contribution in [3.63, 3.8) is 0 Å². The standard InChI is InChI=1S/C26H29N7O3/c1-16(2)13-20(24-31-30-22-9-5-6-11-32(22)24)28-23(34)14-21-25(35)33(26(36)29-21)12-10-17-15-27-19-8-4-3-7-18(17)19/h3-9,11,15-16,20-21,27H,10,12-14H2,1-2H3,(H,28,34)(H,29,36). The highest BCUT2D eigenvalue weighted by atomic mass is 16.2. The predicted octanol–water partition coefficient (Wildman–Crippen LogP) is 2.97. The van der Waals surface area contributed by atoms with E-state index < -0.39 is 12.1 Å². The number of imide groups is 1. The van der Waals surface area contributed by atoms with Crippen molar-refractivity contribution in [2.24, 2.45) is 5.92 Å². The lowest BCUT2D eigenvalue weighted by Gasteiger charge is -2.20. The Labute approximate surface area is 208 Å². The number of pyridine rings is 1. The van der Waals surface area contributed by atoms with Crippen molar-refractivity contribution in [1.29, 1.82) is 0 Å². The SMILES string of the molecule is CC(C)CC(NC(=O)CC1NC(=O)N(CCc2c[nH]c3ccccc23)C1=O)c1nnc2ccccn12. The molecule has 0 aliphatic carbocycles. The average molecular weight is 488 g/mol. The molecule has 1 aromatic carbocycles. The molecule has 10 heteroatoms. The fraction of sp³-hybridized carbons (Fsp3) is 0.346. The van der Waals surface area contributed by atoms with E-state index in [0.29, 0.717) is 30.2 Å². The molecular weight excluding hydrogens is 458 g/mol. The van der Waals surface area contributed by atoms with Crippen LogP contribution in [0.2, 0.25) is 0 Å². The van der Waals surface area contributed by atoms with Crippen molar-refractivity contribution in [3.8, 4) is 0 Å². The summed E-state index contributed by atoms with van der Waals surface area (Å²) >= 11 is 0. The summed E-state index contributed by atoms with van der Waals surface area (Å²) in [5.74, 6) is 0.211. The lowest BCUT2D eigenvalue weighted by atomic mass is 10.0. The van der Waals surface area contributed by atoms with Gasteiger partial charge < -0.3 is 15.6 Å². The first-order chi connectivity index (χ1) is 17.4. The third kappa shape index (κ3) is 4.66. The number of hydrogen-bond acceptors (Lipinski definition) is 5. The highest BCUT2D eigenvalue weighted by Crippen LogP contribution is 2.22. The summed E-state index contributed by atoms with van der Waals surface area (Å²) in [5.41, 5.74) is 2.74. The van der Waals surface area contributed by atoms with Gasteiger partial charge in [-0.2, -0.15) is 0 Å². The zero-order chi connectivity index (χ0) is 25.2. The third-order valence-electron chi connectivity index (χ3n) is 6.47. The number of benzene rings is 1. The number of amides is 4. The molecule has 0 spiro atoms. The van der Waals surface area contributed by atoms with E-state index in [1.165, 1.54) is 4.90 Å². The molecule has 1 aliphatic rings. The number of aromatic nitrogens is 4. The summed E-state index contributed by atoms with van der Waals surface area (Å²) in [5, 5.41) is 15.2. The molecule has 2 atom stereocenters. The molecule has 1 fully saturated rings. The number of para-hydroxylation sites is 1. The minimum Gasteiger partial charge on any atom is -0.361 e. The summed E-state index contributed by atoms with van der Waals surface area (Å²) in [7, 11) is 0. The second kappa shape index (κ2) is 9.80. The van der Waals surface area contributed by atoms with Crippen molar-refractivity contribution in [2.45, 2.75) is 45.2 Å². The molecule has 0 bridgehead atoms. The Morgan fingerprint density at radius 1 is 1.11 bits per heavy atom. The lowest BCUT2D eigenvalue weighted by molar-refractivity contribution is -0.131. The fourth-order valence-electron chi connectivity index (χ4n) is 4.73. The Balaban J connectivity index is 1.23. The molecule has 4 aromatic rings. The van der Waals surface area contributed by atoms with Crippen LogP contribution in [-0.2, 0) is 16.0 Å². The lowest BCUT2D eigenvalue weighted by Crippen LogP contribution is -2.38. The maximum absolute atomic E-state index is 13.0. The second-order valence-electron chi connectivity index (χ2n) is 9.54. The number of fused-ring (bicyclic) bond motifs is 2. The molecule has 4 heterocycles. The van der Waals surface area contributed by atoms with Crippen molar-refractivity contribution in [3.05, 3.63) is 66.2 Å². The molecule has 2 unspecified atom stereocenters. The molecule has 1 aliphatic heterocycles. The largest absolute Gasteiger partial charge is 0.361 e. The predicted molar refractivity (Wildman–Crippen MR) is 134 cm³/mol. The average Bonchev–Trinajstić information content (AvgIpc) is 3.53. The van der Waals surface area contributed by atoms with Gasteiger partial charge in [0.15, 0.2) is 11.5 Å². The van der Waals surface area contributed by atoms with Crippen LogP contribution in [-0.4, -0.2) is 54.9 Å². The number of carbonyl (C=O) groups excluding carboxylic acids is 3. The molecule has 0 saturated carbocycles. The number of urea groups is 1. The number of aromatic amines is 1. The van der Waals surface area contributed by atoms with E-state index in [0.717, 1.165) is 16.5 Å². The van der Waals surface area contributed by atoms with Crippen molar-refractivity contribution >= 4 is 34.4 Å². The molecular formula is C26H29N7O3. The Morgan fingerprint density at radius 2 is 1.92 bits per heavy atom. The molecule has 3 aromatic heterocycles. The van der Waals surface area contributed by atoms with Gasteiger partial charge in [0.1, 0.15) is 6.04 Å². The van der Waals surface area contributed by atoms with E-state index in [9.17, 15) is 14.4 Å². The van der Waals surface area contributed by atoms with Gasteiger partial charge in [-0.15, -0.1) is 10.2 Å². The maximum Gasteiger partial charge on any atom is 0.324 e. The summed E-state index contributed by atoms with van der Waals surface area (Å²) in [6.45, 7) is 4.37. The van der Waals surface area contributed by atoms with E-state index in [1.807, 2.05) is 59.3 Å². The van der Waals surface area contributed by atoms with Gasteiger partial charge in [0, 0.05) is 29.8 Å². The smallest absolute Gasteiger partial charge is 0.324 e. The van der Waals surface area contributed by atoms with Crippen LogP contribution in [0.15, 0.2) is 54.9 Å². The van der Waals surface area contributed by atoms with Gasteiger partial charge in [-0.3, -0.25) is 18.9 Å². The van der Waals surface area contributed by atoms with Gasteiger partial charge in [0.25, 0.3) is 5.91 Å². The van der Waals surface area contributed by atoms with Crippen LogP contribution in [0.4, 0.5) is 4.79 Å². The maximum atomic E-state index is 13.0. The Hall–Kier alpha value is -4.21. The first kappa shape index (κ1) is 23.5. The molecule has 3 N–H and O–H groups in total. The molecule has 5 rings (SSSR count). The van der Waals surface area contributed by atoms with E-state index in [1.54, 1.807) is 0 Å². The van der Waals surface area contributed by atoms with E-state index in [2.05, 4.69) is 39.7 Å². The van der Waals surface area contributed by atoms with E-state index >= 15 is 0 Å². The summed E-state index contributed by atoms with van der Waals surface area (Å²) < 4.78 is 1.85. The summed E-state index contributed by atoms with van der Waals surface area (Å²) in [6, 6.07) is 11.8. The molecule has 0 radical (unpaired) electrons. The van der Waals surface area contributed by atoms with Gasteiger partial charge in [0.2, 0.25) is 5.91 Å². The van der Waals surface area contributed by atoms with Crippen molar-refractivity contribution in [2.75, 3.05) is 6.54 Å². The first-order valence-corrected chi connectivity index (χ1v) is 12.2. The molecule has 1 saturated heterocycles. The van der Waals surface area contributed by atoms with Gasteiger partial charge in [0.05, 0.1) is 12.5 Å². The monoisotopic (exact) mass is 487 g/mol. The molecule has 4 amide bonds. The Kier molecular flexibility index (Phi) is 6.41. The van der Waals surface area contributed by atoms with Gasteiger partial charge in [-0.05, 0) is 42.5 Å². The number of rotatable bonds is 9. The molecule has 186 valence electrons. The number of hydrogen-bond donors (Lipinski definition) is 3. The Morgan fingerprint density at radius 3 is 2.75 bits per heavy atom. The third-order valence-corrected chi connectivity index (χ3v) is 6.47. The number of carbonyl (C=O) groups is 3. The van der Waals surface area contributed by atoms with Crippen LogP contribution in [0, 0.1) is 5.92 Å². The summed E-state index contributed by atoms with van der Waals surface area (Å²) in [4.78, 5) is 42.9.